The number of imide groups is 1. The minimum atomic E-state index is -0.682. The Morgan fingerprint density at radius 3 is 2.74 bits per heavy atom. The van der Waals surface area contributed by atoms with Crippen molar-refractivity contribution in [2.75, 3.05) is 5.32 Å². The molecule has 1 fully saturated rings. The van der Waals surface area contributed by atoms with E-state index in [1.165, 1.54) is 11.0 Å². The number of hydrogen-bond donors (Lipinski definition) is 4. The Kier molecular flexibility index (Phi) is 4.25. The van der Waals surface area contributed by atoms with Crippen LogP contribution in [0.1, 0.15) is 39.3 Å². The van der Waals surface area contributed by atoms with Crippen LogP contribution in [-0.4, -0.2) is 44.7 Å². The van der Waals surface area contributed by atoms with E-state index >= 15 is 0 Å². The van der Waals surface area contributed by atoms with Crippen LogP contribution in [0, 0.1) is 0 Å². The van der Waals surface area contributed by atoms with Gasteiger partial charge in [0.1, 0.15) is 17.5 Å². The van der Waals surface area contributed by atoms with Gasteiger partial charge in [-0.1, -0.05) is 0 Å². The predicted octanol–water partition coefficient (Wildman–Crippen LogP) is 1.89. The fraction of sp³-hybridized carbons (Fsp3) is 0.182. The number of nitrogens with zero attached hydrogens (tertiary/aromatic N) is 1. The lowest BCUT2D eigenvalue weighted by molar-refractivity contribution is -0.136. The van der Waals surface area contributed by atoms with Crippen molar-refractivity contribution in [2.24, 2.45) is 0 Å². The molecule has 3 aromatic rings. The van der Waals surface area contributed by atoms with Crippen LogP contribution in [0.25, 0.3) is 10.9 Å². The zero-order valence-electron chi connectivity index (χ0n) is 16.3. The molecular weight excluding hydrogens is 400 g/mol. The number of hydrogen-bond acceptors (Lipinski definition) is 5. The van der Waals surface area contributed by atoms with Crippen LogP contribution >= 0.6 is 0 Å². The van der Waals surface area contributed by atoms with Gasteiger partial charge in [-0.05, 0) is 48.4 Å². The van der Waals surface area contributed by atoms with Crippen molar-refractivity contribution in [3.8, 4) is 5.75 Å². The van der Waals surface area contributed by atoms with Gasteiger partial charge in [0.25, 0.3) is 11.8 Å². The average Bonchev–Trinajstić information content (AvgIpc) is 3.29. The Morgan fingerprint density at radius 2 is 1.94 bits per heavy atom. The molecule has 1 unspecified atom stereocenters. The number of carbonyl (C=O) groups is 4. The quantitative estimate of drug-likeness (QED) is 0.483. The average molecular weight is 418 g/mol. The zero-order valence-corrected chi connectivity index (χ0v) is 16.3. The molecule has 2 aliphatic rings. The van der Waals surface area contributed by atoms with Gasteiger partial charge in [0.15, 0.2) is 0 Å². The minimum absolute atomic E-state index is 0.102. The van der Waals surface area contributed by atoms with Gasteiger partial charge in [-0.3, -0.25) is 24.5 Å². The van der Waals surface area contributed by atoms with Gasteiger partial charge in [-0.2, -0.15) is 0 Å². The van der Waals surface area contributed by atoms with Crippen LogP contribution in [0.15, 0.2) is 42.5 Å². The zero-order chi connectivity index (χ0) is 21.7. The summed E-state index contributed by atoms with van der Waals surface area (Å²) >= 11 is 0. The first-order chi connectivity index (χ1) is 14.9. The molecule has 0 radical (unpaired) electrons. The van der Waals surface area contributed by atoms with E-state index < -0.39 is 11.9 Å². The van der Waals surface area contributed by atoms with Crippen molar-refractivity contribution in [3.63, 3.8) is 0 Å². The Hall–Kier alpha value is -4.14. The summed E-state index contributed by atoms with van der Waals surface area (Å²) in [5.41, 5.74) is 2.67. The highest BCUT2D eigenvalue weighted by atomic mass is 16.3. The lowest BCUT2D eigenvalue weighted by Gasteiger charge is -2.29. The number of H-pyrrole nitrogens is 1. The molecule has 2 aliphatic heterocycles. The number of phenolic OH excluding ortho intramolecular Hbond substituents is 1. The summed E-state index contributed by atoms with van der Waals surface area (Å²) in [4.78, 5) is 53.4. The third-order valence-corrected chi connectivity index (χ3v) is 5.63. The van der Waals surface area contributed by atoms with Crippen molar-refractivity contribution in [2.45, 2.75) is 25.4 Å². The van der Waals surface area contributed by atoms with Crippen molar-refractivity contribution in [1.29, 1.82) is 0 Å². The summed E-state index contributed by atoms with van der Waals surface area (Å²) in [6.45, 7) is 0.232. The van der Waals surface area contributed by atoms with Gasteiger partial charge in [0.2, 0.25) is 11.8 Å². The topological polar surface area (TPSA) is 132 Å². The van der Waals surface area contributed by atoms with Crippen molar-refractivity contribution >= 4 is 40.2 Å². The maximum absolute atomic E-state index is 12.8. The molecule has 9 heteroatoms. The number of aromatic nitrogens is 1. The van der Waals surface area contributed by atoms with E-state index in [2.05, 4.69) is 15.6 Å². The molecule has 0 saturated carbocycles. The lowest BCUT2D eigenvalue weighted by atomic mass is 10.0. The highest BCUT2D eigenvalue weighted by Crippen LogP contribution is 2.30. The van der Waals surface area contributed by atoms with Gasteiger partial charge in [0.05, 0.1) is 0 Å². The highest BCUT2D eigenvalue weighted by Gasteiger charge is 2.39. The third kappa shape index (κ3) is 3.29. The van der Waals surface area contributed by atoms with Crippen LogP contribution < -0.4 is 10.6 Å². The molecular formula is C22H18N4O5. The van der Waals surface area contributed by atoms with Crippen molar-refractivity contribution in [1.82, 2.24) is 15.2 Å². The molecule has 4 N–H and O–H groups in total. The monoisotopic (exact) mass is 418 g/mol. The fourth-order valence-corrected chi connectivity index (χ4v) is 4.09. The number of nitrogens with one attached hydrogen (secondary N) is 3. The third-order valence-electron chi connectivity index (χ3n) is 5.63. The Morgan fingerprint density at radius 1 is 1.10 bits per heavy atom. The summed E-state index contributed by atoms with van der Waals surface area (Å²) in [6.07, 6.45) is 0.490. The number of fused-ring (bicyclic) bond motifs is 2. The van der Waals surface area contributed by atoms with Crippen LogP contribution in [-0.2, 0) is 16.1 Å². The summed E-state index contributed by atoms with van der Waals surface area (Å²) in [5, 5.41) is 15.4. The van der Waals surface area contributed by atoms with Crippen molar-refractivity contribution in [3.05, 3.63) is 59.3 Å². The number of carbonyl (C=O) groups excluding carboxylic acids is 4. The molecule has 0 bridgehead atoms. The van der Waals surface area contributed by atoms with E-state index in [1.54, 1.807) is 36.4 Å². The summed E-state index contributed by atoms with van der Waals surface area (Å²) in [5.74, 6) is -1.32. The second-order valence-electron chi connectivity index (χ2n) is 7.68. The van der Waals surface area contributed by atoms with E-state index in [1.807, 2.05) is 0 Å². The van der Waals surface area contributed by atoms with E-state index in [0.29, 0.717) is 34.4 Å². The molecule has 3 heterocycles. The smallest absolute Gasteiger partial charge is 0.272 e. The number of amides is 4. The normalized spacial score (nSPS) is 18.3. The Labute approximate surface area is 176 Å². The number of aromatic amines is 1. The summed E-state index contributed by atoms with van der Waals surface area (Å²) < 4.78 is 0. The van der Waals surface area contributed by atoms with E-state index in [-0.39, 0.29) is 36.4 Å². The molecule has 1 aromatic heterocycles. The van der Waals surface area contributed by atoms with Crippen LogP contribution in [0.2, 0.25) is 0 Å². The van der Waals surface area contributed by atoms with Gasteiger partial charge in [0, 0.05) is 41.2 Å². The van der Waals surface area contributed by atoms with Gasteiger partial charge in [-0.25, -0.2) is 0 Å². The predicted molar refractivity (Wildman–Crippen MR) is 110 cm³/mol. The molecule has 2 aromatic carbocycles. The maximum atomic E-state index is 12.8. The molecule has 1 atom stereocenters. The number of aromatic hydroxyl groups is 1. The van der Waals surface area contributed by atoms with Crippen LogP contribution in [0.4, 0.5) is 5.69 Å². The lowest BCUT2D eigenvalue weighted by Crippen LogP contribution is -2.52. The van der Waals surface area contributed by atoms with Gasteiger partial charge >= 0.3 is 0 Å². The van der Waals surface area contributed by atoms with Crippen LogP contribution in [0.5, 0.6) is 5.75 Å². The second kappa shape index (κ2) is 6.98. The molecule has 5 rings (SSSR count). The molecule has 31 heavy (non-hydrogen) atoms. The van der Waals surface area contributed by atoms with Gasteiger partial charge < -0.3 is 20.3 Å². The number of phenols is 1. The Balaban J connectivity index is 1.34. The highest BCUT2D eigenvalue weighted by molar-refractivity contribution is 6.08. The molecule has 0 aliphatic carbocycles. The maximum Gasteiger partial charge on any atom is 0.272 e. The summed E-state index contributed by atoms with van der Waals surface area (Å²) in [6, 6.07) is 10.8. The van der Waals surface area contributed by atoms with Gasteiger partial charge in [-0.15, -0.1) is 0 Å². The number of piperidine rings is 1. The first kappa shape index (κ1) is 18.9. The van der Waals surface area contributed by atoms with Crippen molar-refractivity contribution < 1.29 is 24.3 Å². The molecule has 0 spiro atoms. The molecule has 9 nitrogen and oxygen atoms in total. The van der Waals surface area contributed by atoms with E-state index in [0.717, 1.165) is 5.39 Å². The Bertz CT molecular complexity index is 1280. The minimum Gasteiger partial charge on any atom is -0.508 e. The largest absolute Gasteiger partial charge is 0.508 e. The first-order valence-electron chi connectivity index (χ1n) is 9.80. The standard InChI is InChI=1S/C22H18N4O5/c27-14-3-1-11-8-17(24-16(11)9-14)20(29)23-13-2-4-15-12(7-13)10-26(22(15)31)18-5-6-19(28)25-21(18)30/h1-4,7-9,18,24,27H,5-6,10H2,(H,23,29)(H,25,28,30). The van der Waals surface area contributed by atoms with Crippen LogP contribution in [0.3, 0.4) is 0 Å². The van der Waals surface area contributed by atoms with E-state index in [4.69, 9.17) is 0 Å². The second-order valence-corrected chi connectivity index (χ2v) is 7.68. The van der Waals surface area contributed by atoms with E-state index in [9.17, 15) is 24.3 Å². The molecule has 156 valence electrons. The number of benzene rings is 2. The number of anilines is 1. The first-order valence-corrected chi connectivity index (χ1v) is 9.80. The molecule has 1 saturated heterocycles. The summed E-state index contributed by atoms with van der Waals surface area (Å²) in [7, 11) is 0. The SMILES string of the molecule is O=C1CCC(N2Cc3cc(NC(=O)c4cc5ccc(O)cc5[nH]4)ccc3C2=O)C(=O)N1. The fourth-order valence-electron chi connectivity index (χ4n) is 4.09. The number of rotatable bonds is 3. The molecule has 4 amide bonds.